The summed E-state index contributed by atoms with van der Waals surface area (Å²) in [5.41, 5.74) is 6.50. The van der Waals surface area contributed by atoms with Crippen LogP contribution in [0.15, 0.2) is 30.5 Å². The molecule has 1 heterocycles. The Labute approximate surface area is 103 Å². The zero-order valence-corrected chi connectivity index (χ0v) is 9.85. The first kappa shape index (κ1) is 12.3. The number of benzene rings is 1. The Balaban J connectivity index is 2.21. The van der Waals surface area contributed by atoms with Crippen molar-refractivity contribution in [1.29, 1.82) is 0 Å². The van der Waals surface area contributed by atoms with Gasteiger partial charge in [-0.25, -0.2) is 4.39 Å². The number of hydrogen-bond acceptors (Lipinski definition) is 3. The molecule has 5 nitrogen and oxygen atoms in total. The molecular formula is C12H13FN4O. The van der Waals surface area contributed by atoms with E-state index in [2.05, 4.69) is 10.4 Å². The second-order valence-corrected chi connectivity index (χ2v) is 3.85. The lowest BCUT2D eigenvalue weighted by Crippen LogP contribution is -2.14. The molecule has 2 aromatic rings. The summed E-state index contributed by atoms with van der Waals surface area (Å²) in [5.74, 6) is -0.472. The van der Waals surface area contributed by atoms with E-state index in [0.717, 1.165) is 5.56 Å². The number of rotatable bonds is 3. The van der Waals surface area contributed by atoms with Gasteiger partial charge < -0.3 is 11.1 Å². The number of nitrogens with two attached hydrogens (primary N) is 1. The van der Waals surface area contributed by atoms with Gasteiger partial charge in [0.25, 0.3) is 5.91 Å². The SMILES string of the molecule is Cn1cc(CN)c(NC(=O)c2cccc(F)c2)n1. The molecule has 3 N–H and O–H groups in total. The number of carbonyl (C=O) groups excluding carboxylic acids is 1. The molecule has 0 aliphatic carbocycles. The van der Waals surface area contributed by atoms with E-state index in [0.29, 0.717) is 5.82 Å². The molecule has 1 amide bonds. The number of nitrogens with one attached hydrogen (secondary N) is 1. The molecule has 0 radical (unpaired) electrons. The van der Waals surface area contributed by atoms with E-state index in [9.17, 15) is 9.18 Å². The summed E-state index contributed by atoms with van der Waals surface area (Å²) in [6.07, 6.45) is 1.72. The van der Waals surface area contributed by atoms with Crippen LogP contribution in [0.4, 0.5) is 10.2 Å². The number of halogens is 1. The Morgan fingerprint density at radius 3 is 3.00 bits per heavy atom. The van der Waals surface area contributed by atoms with Crippen molar-refractivity contribution in [2.45, 2.75) is 6.54 Å². The average molecular weight is 248 g/mol. The molecule has 0 atom stereocenters. The smallest absolute Gasteiger partial charge is 0.256 e. The van der Waals surface area contributed by atoms with Crippen LogP contribution in [0.25, 0.3) is 0 Å². The number of aromatic nitrogens is 2. The van der Waals surface area contributed by atoms with E-state index in [1.54, 1.807) is 17.9 Å². The molecule has 0 bridgehead atoms. The Hall–Kier alpha value is -2.21. The van der Waals surface area contributed by atoms with Gasteiger partial charge in [0.2, 0.25) is 0 Å². The van der Waals surface area contributed by atoms with E-state index in [4.69, 9.17) is 5.73 Å². The predicted molar refractivity (Wildman–Crippen MR) is 65.5 cm³/mol. The fraction of sp³-hybridized carbons (Fsp3) is 0.167. The average Bonchev–Trinajstić information content (AvgIpc) is 2.69. The molecule has 2 rings (SSSR count). The monoisotopic (exact) mass is 248 g/mol. The topological polar surface area (TPSA) is 72.9 Å². The first-order chi connectivity index (χ1) is 8.60. The molecule has 0 spiro atoms. The van der Waals surface area contributed by atoms with E-state index in [1.165, 1.54) is 24.3 Å². The van der Waals surface area contributed by atoms with Crippen molar-refractivity contribution in [3.8, 4) is 0 Å². The molecule has 94 valence electrons. The third-order valence-corrected chi connectivity index (χ3v) is 2.44. The van der Waals surface area contributed by atoms with E-state index >= 15 is 0 Å². The first-order valence-electron chi connectivity index (χ1n) is 5.39. The Morgan fingerprint density at radius 2 is 2.33 bits per heavy atom. The standard InChI is InChI=1S/C12H13FN4O/c1-17-7-9(6-14)11(16-17)15-12(18)8-3-2-4-10(13)5-8/h2-5,7H,6,14H2,1H3,(H,15,16,18). The van der Waals surface area contributed by atoms with Crippen LogP contribution in [0.1, 0.15) is 15.9 Å². The van der Waals surface area contributed by atoms with Crippen LogP contribution < -0.4 is 11.1 Å². The fourth-order valence-electron chi connectivity index (χ4n) is 1.60. The molecule has 0 saturated carbocycles. The van der Waals surface area contributed by atoms with Crippen LogP contribution in [0.3, 0.4) is 0 Å². The summed E-state index contributed by atoms with van der Waals surface area (Å²) in [4.78, 5) is 11.9. The summed E-state index contributed by atoms with van der Waals surface area (Å²) in [5, 5.41) is 6.69. The van der Waals surface area contributed by atoms with Gasteiger partial charge in [-0.2, -0.15) is 5.10 Å². The van der Waals surface area contributed by atoms with Crippen molar-refractivity contribution in [2.75, 3.05) is 5.32 Å². The van der Waals surface area contributed by atoms with Gasteiger partial charge >= 0.3 is 0 Å². The lowest BCUT2D eigenvalue weighted by molar-refractivity contribution is 0.102. The van der Waals surface area contributed by atoms with Crippen LogP contribution in [-0.2, 0) is 13.6 Å². The molecule has 0 aliphatic heterocycles. The molecule has 18 heavy (non-hydrogen) atoms. The van der Waals surface area contributed by atoms with Crippen molar-refractivity contribution in [2.24, 2.45) is 12.8 Å². The maximum absolute atomic E-state index is 13.0. The maximum Gasteiger partial charge on any atom is 0.256 e. The first-order valence-corrected chi connectivity index (χ1v) is 5.39. The third-order valence-electron chi connectivity index (χ3n) is 2.44. The van der Waals surface area contributed by atoms with Crippen LogP contribution in [0.5, 0.6) is 0 Å². The molecule has 1 aromatic heterocycles. The highest BCUT2D eigenvalue weighted by molar-refractivity contribution is 6.04. The lowest BCUT2D eigenvalue weighted by Gasteiger charge is -2.03. The van der Waals surface area contributed by atoms with Crippen molar-refractivity contribution < 1.29 is 9.18 Å². The van der Waals surface area contributed by atoms with Gasteiger partial charge in [-0.3, -0.25) is 9.48 Å². The second kappa shape index (κ2) is 4.97. The summed E-state index contributed by atoms with van der Waals surface area (Å²) in [6.45, 7) is 0.270. The highest BCUT2D eigenvalue weighted by atomic mass is 19.1. The third kappa shape index (κ3) is 2.54. The van der Waals surface area contributed by atoms with Crippen LogP contribution >= 0.6 is 0 Å². The van der Waals surface area contributed by atoms with Crippen molar-refractivity contribution in [3.05, 3.63) is 47.4 Å². The minimum absolute atomic E-state index is 0.239. The van der Waals surface area contributed by atoms with Crippen LogP contribution in [0.2, 0.25) is 0 Å². The lowest BCUT2D eigenvalue weighted by atomic mass is 10.2. The van der Waals surface area contributed by atoms with Crippen LogP contribution in [-0.4, -0.2) is 15.7 Å². The maximum atomic E-state index is 13.0. The molecule has 1 aromatic carbocycles. The van der Waals surface area contributed by atoms with E-state index in [-0.39, 0.29) is 12.1 Å². The number of aryl methyl sites for hydroxylation is 1. The van der Waals surface area contributed by atoms with Gasteiger partial charge in [-0.1, -0.05) is 6.07 Å². The van der Waals surface area contributed by atoms with E-state index < -0.39 is 11.7 Å². The predicted octanol–water partition coefficient (Wildman–Crippen LogP) is 1.27. The fourth-order valence-corrected chi connectivity index (χ4v) is 1.60. The van der Waals surface area contributed by atoms with Crippen molar-refractivity contribution >= 4 is 11.7 Å². The quantitative estimate of drug-likeness (QED) is 0.859. The molecule has 0 fully saturated rings. The second-order valence-electron chi connectivity index (χ2n) is 3.85. The molecule has 6 heteroatoms. The van der Waals surface area contributed by atoms with Crippen molar-refractivity contribution in [1.82, 2.24) is 9.78 Å². The number of nitrogens with zero attached hydrogens (tertiary/aromatic N) is 2. The number of amides is 1. The highest BCUT2D eigenvalue weighted by Crippen LogP contribution is 2.13. The largest absolute Gasteiger partial charge is 0.326 e. The molecule has 0 saturated heterocycles. The molecule has 0 aliphatic rings. The normalized spacial score (nSPS) is 10.4. The molecule has 0 unspecified atom stereocenters. The Kier molecular flexibility index (Phi) is 3.38. The van der Waals surface area contributed by atoms with Gasteiger partial charge in [-0.15, -0.1) is 0 Å². The number of hydrogen-bond donors (Lipinski definition) is 2. The number of carbonyl (C=O) groups is 1. The summed E-state index contributed by atoms with van der Waals surface area (Å²) in [6, 6.07) is 5.46. The van der Waals surface area contributed by atoms with Gasteiger partial charge in [0, 0.05) is 30.9 Å². The van der Waals surface area contributed by atoms with Gasteiger partial charge in [0.1, 0.15) is 5.82 Å². The van der Waals surface area contributed by atoms with Gasteiger partial charge in [0.05, 0.1) is 0 Å². The minimum Gasteiger partial charge on any atom is -0.326 e. The van der Waals surface area contributed by atoms with Gasteiger partial charge in [0.15, 0.2) is 5.82 Å². The summed E-state index contributed by atoms with van der Waals surface area (Å²) in [7, 11) is 1.73. The zero-order valence-electron chi connectivity index (χ0n) is 9.85. The summed E-state index contributed by atoms with van der Waals surface area (Å²) >= 11 is 0. The van der Waals surface area contributed by atoms with Crippen LogP contribution in [0, 0.1) is 5.82 Å². The highest BCUT2D eigenvalue weighted by Gasteiger charge is 2.12. The van der Waals surface area contributed by atoms with Crippen molar-refractivity contribution in [3.63, 3.8) is 0 Å². The van der Waals surface area contributed by atoms with E-state index in [1.807, 2.05) is 0 Å². The van der Waals surface area contributed by atoms with Gasteiger partial charge in [-0.05, 0) is 18.2 Å². The number of anilines is 1. The minimum atomic E-state index is -0.456. The Bertz CT molecular complexity index is 579. The summed E-state index contributed by atoms with van der Waals surface area (Å²) < 4.78 is 14.6. The molecular weight excluding hydrogens is 235 g/mol. The Morgan fingerprint density at radius 1 is 1.56 bits per heavy atom. The zero-order chi connectivity index (χ0) is 13.1.